The van der Waals surface area contributed by atoms with Gasteiger partial charge < -0.3 is 34.2 Å². The van der Waals surface area contributed by atoms with Crippen molar-refractivity contribution < 1.29 is 38.4 Å². The Bertz CT molecular complexity index is 2000. The lowest BCUT2D eigenvalue weighted by Crippen LogP contribution is -2.70. The molecule has 360 valence electrons. The van der Waals surface area contributed by atoms with Gasteiger partial charge in [0.1, 0.15) is 30.5 Å². The lowest BCUT2D eigenvalue weighted by Gasteiger charge is -2.60. The number of rotatable bonds is 30. The minimum Gasteiger partial charge on any atom is -0.493 e. The van der Waals surface area contributed by atoms with Gasteiger partial charge in [-0.1, -0.05) is 119 Å². The molecule has 1 saturated carbocycles. The molecule has 0 saturated heterocycles. The standard InChI is InChI=1S/C55H75FN2O7S/c1-4-6-7-8-9-10-11-12-16-25-52(61)58(40-41-26-28-43(56)29-27-41)51-39-49(57-62-3)47-37-42(21-17-19-32-59)46(24-18-20-33-60)53-48-38-44(63-35-36-66-45-22-14-13-15-23-45)30-31-50(48)65-55(51,54(47)53)64-34-5-2/h5,13-15,22-23,26-31,37-38,42,46,51,53-54,59-60H,2,4,6-12,16-21,24-25,32-36,39-40H2,1,3H3. The fraction of sp³-hybridized carbons (Fsp3) is 0.564. The van der Waals surface area contributed by atoms with E-state index >= 15 is 4.79 Å². The molecule has 1 aliphatic heterocycles. The summed E-state index contributed by atoms with van der Waals surface area (Å²) < 4.78 is 35.5. The number of unbranched alkanes of at least 4 members (excludes halogenated alkanes) is 10. The van der Waals surface area contributed by atoms with Crippen molar-refractivity contribution in [3.63, 3.8) is 0 Å². The average molecular weight is 927 g/mol. The number of halogens is 1. The molecule has 3 aliphatic rings. The SMILES string of the molecule is C=CCOC12Oc3ccc(OCCSc4ccccc4)cc3C3C(CCCCO)C(CCCCO)C=C(C(=NOC)CC1N(Cc1ccc(F)cc1)C(=O)CCCCCCCCCCC)C32. The van der Waals surface area contributed by atoms with Crippen molar-refractivity contribution >= 4 is 23.4 Å². The number of hydrogen-bond donors (Lipinski definition) is 2. The molecule has 6 unspecified atom stereocenters. The predicted octanol–water partition coefficient (Wildman–Crippen LogP) is 12.2. The van der Waals surface area contributed by atoms with E-state index in [2.05, 4.69) is 37.8 Å². The number of nitrogens with zero attached hydrogens (tertiary/aromatic N) is 2. The third-order valence-corrected chi connectivity index (χ3v) is 14.6. The smallest absolute Gasteiger partial charge is 0.239 e. The monoisotopic (exact) mass is 927 g/mol. The quantitative estimate of drug-likeness (QED) is 0.0294. The van der Waals surface area contributed by atoms with E-state index in [0.29, 0.717) is 38.0 Å². The number of fused-ring (bicyclic) bond motifs is 2. The van der Waals surface area contributed by atoms with Crippen LogP contribution in [0.3, 0.4) is 0 Å². The summed E-state index contributed by atoms with van der Waals surface area (Å²) in [6, 6.07) is 22.1. The summed E-state index contributed by atoms with van der Waals surface area (Å²) in [7, 11) is 1.56. The summed E-state index contributed by atoms with van der Waals surface area (Å²) in [6.45, 7) is 7.45. The number of benzene rings is 3. The Morgan fingerprint density at radius 1 is 0.924 bits per heavy atom. The normalized spacial score (nSPS) is 22.5. The summed E-state index contributed by atoms with van der Waals surface area (Å²) >= 11 is 1.75. The number of carbonyl (C=O) groups excluding carboxylic acids is 1. The molecule has 3 aromatic rings. The minimum absolute atomic E-state index is 0.0155. The molecule has 0 radical (unpaired) electrons. The zero-order valence-corrected chi connectivity index (χ0v) is 40.4. The number of allylic oxidation sites excluding steroid dienone is 1. The first-order chi connectivity index (χ1) is 32.4. The van der Waals surface area contributed by atoms with Gasteiger partial charge in [-0.15, -0.1) is 18.3 Å². The number of aliphatic hydroxyl groups is 2. The van der Waals surface area contributed by atoms with Gasteiger partial charge in [0, 0.05) is 54.7 Å². The second-order valence-corrected chi connectivity index (χ2v) is 19.4. The molecule has 1 amide bonds. The van der Waals surface area contributed by atoms with E-state index in [1.165, 1.54) is 55.6 Å². The Labute approximate surface area is 398 Å². The molecule has 66 heavy (non-hydrogen) atoms. The number of ether oxygens (including phenoxy) is 3. The van der Waals surface area contributed by atoms with Crippen LogP contribution in [0.25, 0.3) is 0 Å². The fourth-order valence-corrected chi connectivity index (χ4v) is 11.3. The van der Waals surface area contributed by atoms with Crippen LogP contribution in [-0.2, 0) is 20.9 Å². The fourth-order valence-electron chi connectivity index (χ4n) is 10.6. The van der Waals surface area contributed by atoms with Crippen LogP contribution in [0.4, 0.5) is 4.39 Å². The van der Waals surface area contributed by atoms with E-state index in [1.807, 2.05) is 35.2 Å². The number of hydrogen-bond acceptors (Lipinski definition) is 9. The van der Waals surface area contributed by atoms with E-state index < -0.39 is 17.7 Å². The van der Waals surface area contributed by atoms with Gasteiger partial charge in [0.05, 0.1) is 24.8 Å². The van der Waals surface area contributed by atoms with Crippen LogP contribution in [0.15, 0.2) is 107 Å². The molecule has 2 N–H and O–H groups in total. The molecule has 6 atom stereocenters. The maximum Gasteiger partial charge on any atom is 0.239 e. The second-order valence-electron chi connectivity index (χ2n) is 18.2. The van der Waals surface area contributed by atoms with Crippen LogP contribution in [-0.4, -0.2) is 77.9 Å². The predicted molar refractivity (Wildman–Crippen MR) is 263 cm³/mol. The summed E-state index contributed by atoms with van der Waals surface area (Å²) in [5.41, 5.74) is 3.55. The maximum atomic E-state index is 15.0. The zero-order chi connectivity index (χ0) is 46.6. The number of aliphatic hydroxyl groups excluding tert-OH is 2. The summed E-state index contributed by atoms with van der Waals surface area (Å²) in [6.07, 6.45) is 19.7. The van der Waals surface area contributed by atoms with E-state index in [4.69, 9.17) is 24.2 Å². The van der Waals surface area contributed by atoms with E-state index in [-0.39, 0.29) is 55.8 Å². The van der Waals surface area contributed by atoms with Crippen molar-refractivity contribution in [1.29, 1.82) is 0 Å². The highest BCUT2D eigenvalue weighted by molar-refractivity contribution is 7.99. The molecule has 3 aromatic carbocycles. The Morgan fingerprint density at radius 3 is 2.33 bits per heavy atom. The van der Waals surface area contributed by atoms with Gasteiger partial charge >= 0.3 is 0 Å². The van der Waals surface area contributed by atoms with Crippen molar-refractivity contribution in [2.75, 3.05) is 39.3 Å². The van der Waals surface area contributed by atoms with E-state index in [9.17, 15) is 14.6 Å². The first-order valence-corrected chi connectivity index (χ1v) is 25.8. The highest BCUT2D eigenvalue weighted by atomic mass is 32.2. The Balaban J connectivity index is 1.43. The van der Waals surface area contributed by atoms with Gasteiger partial charge in [-0.2, -0.15) is 0 Å². The molecule has 6 rings (SSSR count). The summed E-state index contributed by atoms with van der Waals surface area (Å²) in [5, 5.41) is 24.7. The molecule has 11 heteroatoms. The number of oxime groups is 1. The van der Waals surface area contributed by atoms with E-state index in [1.54, 1.807) is 37.1 Å². The second kappa shape index (κ2) is 27.0. The molecule has 1 heterocycles. The van der Waals surface area contributed by atoms with Crippen molar-refractivity contribution in [2.24, 2.45) is 22.9 Å². The topological polar surface area (TPSA) is 110 Å². The van der Waals surface area contributed by atoms with Crippen molar-refractivity contribution in [2.45, 2.75) is 145 Å². The van der Waals surface area contributed by atoms with Crippen LogP contribution in [0.1, 0.15) is 133 Å². The molecular formula is C55H75FN2O7S. The number of carbonyl (C=O) groups is 1. The van der Waals surface area contributed by atoms with E-state index in [0.717, 1.165) is 78.9 Å². The van der Waals surface area contributed by atoms with Crippen molar-refractivity contribution in [3.8, 4) is 11.5 Å². The Morgan fingerprint density at radius 2 is 1.64 bits per heavy atom. The van der Waals surface area contributed by atoms with Crippen LogP contribution in [0, 0.1) is 23.6 Å². The molecule has 0 aromatic heterocycles. The largest absolute Gasteiger partial charge is 0.493 e. The highest BCUT2D eigenvalue weighted by Crippen LogP contribution is 2.62. The van der Waals surface area contributed by atoms with Crippen molar-refractivity contribution in [1.82, 2.24) is 4.90 Å². The van der Waals surface area contributed by atoms with Gasteiger partial charge in [-0.05, 0) is 97.5 Å². The Hall–Kier alpha value is -4.16. The molecule has 2 aliphatic carbocycles. The van der Waals surface area contributed by atoms with Crippen LogP contribution in [0.2, 0.25) is 0 Å². The zero-order valence-electron chi connectivity index (χ0n) is 39.6. The van der Waals surface area contributed by atoms with Gasteiger partial charge in [-0.3, -0.25) is 4.79 Å². The molecular weight excluding hydrogens is 852 g/mol. The van der Waals surface area contributed by atoms with Crippen LogP contribution >= 0.6 is 11.8 Å². The lowest BCUT2D eigenvalue weighted by molar-refractivity contribution is -0.258. The average Bonchev–Trinajstić information content (AvgIpc) is 3.33. The lowest BCUT2D eigenvalue weighted by atomic mass is 9.55. The third-order valence-electron chi connectivity index (χ3n) is 13.7. The highest BCUT2D eigenvalue weighted by Gasteiger charge is 2.65. The third kappa shape index (κ3) is 13.5. The molecule has 0 bridgehead atoms. The Kier molecular flexibility index (Phi) is 21.0. The minimum atomic E-state index is -1.38. The first-order valence-electron chi connectivity index (χ1n) is 24.8. The van der Waals surface area contributed by atoms with Crippen molar-refractivity contribution in [3.05, 3.63) is 114 Å². The molecule has 9 nitrogen and oxygen atoms in total. The molecule has 1 fully saturated rings. The number of amides is 1. The van der Waals surface area contributed by atoms with Gasteiger partial charge in [-0.25, -0.2) is 4.39 Å². The van der Waals surface area contributed by atoms with Crippen LogP contribution in [0.5, 0.6) is 11.5 Å². The maximum absolute atomic E-state index is 15.0. The molecule has 0 spiro atoms. The first kappa shape index (κ1) is 51.2. The number of thioether (sulfide) groups is 1. The summed E-state index contributed by atoms with van der Waals surface area (Å²) in [5.74, 6) is 0.0959. The van der Waals surface area contributed by atoms with Gasteiger partial charge in [0.15, 0.2) is 0 Å². The summed E-state index contributed by atoms with van der Waals surface area (Å²) in [4.78, 5) is 23.8. The van der Waals surface area contributed by atoms with Gasteiger partial charge in [0.25, 0.3) is 0 Å². The van der Waals surface area contributed by atoms with Gasteiger partial charge in [0.2, 0.25) is 11.7 Å². The van der Waals surface area contributed by atoms with Crippen LogP contribution < -0.4 is 9.47 Å².